The van der Waals surface area contributed by atoms with Crippen molar-refractivity contribution in [2.24, 2.45) is 5.92 Å². The Balaban J connectivity index is 2.12. The smallest absolute Gasteiger partial charge is 0.326 e. The van der Waals surface area contributed by atoms with Gasteiger partial charge in [0.05, 0.1) is 0 Å². The molecule has 21 heavy (non-hydrogen) atoms. The van der Waals surface area contributed by atoms with Crippen LogP contribution in [0.4, 0.5) is 0 Å². The van der Waals surface area contributed by atoms with Crippen molar-refractivity contribution in [2.75, 3.05) is 0 Å². The van der Waals surface area contributed by atoms with Crippen molar-refractivity contribution in [3.63, 3.8) is 0 Å². The van der Waals surface area contributed by atoms with Crippen molar-refractivity contribution >= 4 is 18.0 Å². The molecule has 0 heterocycles. The van der Waals surface area contributed by atoms with Crippen LogP contribution in [0.25, 0.3) is 6.08 Å². The predicted octanol–water partition coefficient (Wildman–Crippen LogP) is 2.88. The summed E-state index contributed by atoms with van der Waals surface area (Å²) in [5.74, 6) is -1.10. The van der Waals surface area contributed by atoms with Gasteiger partial charge >= 0.3 is 5.97 Å². The molecule has 0 aliphatic heterocycles. The molecule has 1 aromatic carbocycles. The minimum Gasteiger partial charge on any atom is -0.480 e. The number of carbonyl (C=O) groups is 2. The number of carboxylic acid groups (broad SMARTS) is 1. The molecule has 2 rings (SSSR count). The van der Waals surface area contributed by atoms with Gasteiger partial charge < -0.3 is 10.4 Å². The molecular weight excluding hydrogens is 266 g/mol. The zero-order valence-corrected chi connectivity index (χ0v) is 12.4. The van der Waals surface area contributed by atoms with E-state index in [1.54, 1.807) is 6.07 Å². The first-order valence-electron chi connectivity index (χ1n) is 7.30. The second kappa shape index (κ2) is 6.57. The fraction of sp³-hybridized carbons (Fsp3) is 0.412. The molecular formula is C17H21NO3. The van der Waals surface area contributed by atoms with Crippen molar-refractivity contribution in [2.45, 2.75) is 39.2 Å². The fourth-order valence-corrected chi connectivity index (χ4v) is 2.51. The largest absolute Gasteiger partial charge is 0.480 e. The minimum absolute atomic E-state index is 0.208. The number of hydrogen-bond donors (Lipinski definition) is 2. The first kappa shape index (κ1) is 15.3. The molecule has 1 amide bonds. The Labute approximate surface area is 124 Å². The van der Waals surface area contributed by atoms with Crippen molar-refractivity contribution in [1.29, 1.82) is 0 Å². The SMILES string of the molecule is CC(C)CC(NC(=O)c1ccc2c(c1)CCC=C2)C(=O)O. The molecule has 0 aromatic heterocycles. The van der Waals surface area contributed by atoms with Gasteiger partial charge in [0.2, 0.25) is 0 Å². The number of carboxylic acids is 1. The van der Waals surface area contributed by atoms with Crippen molar-refractivity contribution in [3.8, 4) is 0 Å². The first-order chi connectivity index (χ1) is 9.97. The third-order valence-corrected chi connectivity index (χ3v) is 3.59. The van der Waals surface area contributed by atoms with Gasteiger partial charge in [-0.15, -0.1) is 0 Å². The quantitative estimate of drug-likeness (QED) is 0.875. The topological polar surface area (TPSA) is 66.4 Å². The van der Waals surface area contributed by atoms with E-state index in [1.165, 1.54) is 0 Å². The lowest BCUT2D eigenvalue weighted by Crippen LogP contribution is -2.41. The predicted molar refractivity (Wildman–Crippen MR) is 82.1 cm³/mol. The molecule has 112 valence electrons. The molecule has 0 saturated heterocycles. The van der Waals surface area contributed by atoms with E-state index in [0.29, 0.717) is 12.0 Å². The zero-order valence-electron chi connectivity index (χ0n) is 12.4. The highest BCUT2D eigenvalue weighted by molar-refractivity contribution is 5.97. The van der Waals surface area contributed by atoms with E-state index in [4.69, 9.17) is 0 Å². The molecule has 1 unspecified atom stereocenters. The molecule has 0 fully saturated rings. The lowest BCUT2D eigenvalue weighted by atomic mass is 9.95. The molecule has 1 aliphatic carbocycles. The summed E-state index contributed by atoms with van der Waals surface area (Å²) in [4.78, 5) is 23.4. The van der Waals surface area contributed by atoms with Gasteiger partial charge in [-0.2, -0.15) is 0 Å². The number of benzene rings is 1. The average Bonchev–Trinajstić information content (AvgIpc) is 2.45. The summed E-state index contributed by atoms with van der Waals surface area (Å²) >= 11 is 0. The van der Waals surface area contributed by atoms with Crippen LogP contribution in [0.15, 0.2) is 24.3 Å². The molecule has 2 N–H and O–H groups in total. The monoisotopic (exact) mass is 287 g/mol. The van der Waals surface area contributed by atoms with Crippen molar-refractivity contribution < 1.29 is 14.7 Å². The van der Waals surface area contributed by atoms with Crippen LogP contribution in [0.1, 0.15) is 48.2 Å². The fourth-order valence-electron chi connectivity index (χ4n) is 2.51. The number of rotatable bonds is 5. The number of aliphatic carboxylic acids is 1. The van der Waals surface area contributed by atoms with Crippen LogP contribution in [0.5, 0.6) is 0 Å². The van der Waals surface area contributed by atoms with E-state index in [-0.39, 0.29) is 11.8 Å². The highest BCUT2D eigenvalue weighted by Gasteiger charge is 2.22. The summed E-state index contributed by atoms with van der Waals surface area (Å²) in [6, 6.07) is 4.69. The Morgan fingerprint density at radius 3 is 2.76 bits per heavy atom. The molecule has 1 aliphatic rings. The Morgan fingerprint density at radius 2 is 2.10 bits per heavy atom. The number of nitrogens with one attached hydrogen (secondary N) is 1. The van der Waals surface area contributed by atoms with E-state index >= 15 is 0 Å². The van der Waals surface area contributed by atoms with Crippen LogP contribution in [0.2, 0.25) is 0 Å². The van der Waals surface area contributed by atoms with Gasteiger partial charge in [0.25, 0.3) is 5.91 Å². The summed E-state index contributed by atoms with van der Waals surface area (Å²) < 4.78 is 0. The lowest BCUT2D eigenvalue weighted by Gasteiger charge is -2.17. The summed E-state index contributed by atoms with van der Waals surface area (Å²) in [7, 11) is 0. The summed E-state index contributed by atoms with van der Waals surface area (Å²) in [6.45, 7) is 3.88. The molecule has 1 aromatic rings. The summed E-state index contributed by atoms with van der Waals surface area (Å²) in [5, 5.41) is 11.8. The van der Waals surface area contributed by atoms with Crippen LogP contribution in [-0.2, 0) is 11.2 Å². The molecule has 4 heteroatoms. The van der Waals surface area contributed by atoms with Gasteiger partial charge in [-0.05, 0) is 48.4 Å². The Hall–Kier alpha value is -2.10. The number of aryl methyl sites for hydroxylation is 1. The van der Waals surface area contributed by atoms with Crippen molar-refractivity contribution in [1.82, 2.24) is 5.32 Å². The van der Waals surface area contributed by atoms with Crippen LogP contribution in [0, 0.1) is 5.92 Å². The second-order valence-electron chi connectivity index (χ2n) is 5.85. The van der Waals surface area contributed by atoms with Gasteiger partial charge in [-0.25, -0.2) is 4.79 Å². The maximum Gasteiger partial charge on any atom is 0.326 e. The third-order valence-electron chi connectivity index (χ3n) is 3.59. The van der Waals surface area contributed by atoms with Gasteiger partial charge in [0, 0.05) is 5.56 Å². The van der Waals surface area contributed by atoms with E-state index in [0.717, 1.165) is 24.0 Å². The van der Waals surface area contributed by atoms with Crippen molar-refractivity contribution in [3.05, 3.63) is 41.0 Å². The molecule has 1 atom stereocenters. The number of carbonyl (C=O) groups excluding carboxylic acids is 1. The van der Waals surface area contributed by atoms with E-state index < -0.39 is 12.0 Å². The normalized spacial score (nSPS) is 14.6. The van der Waals surface area contributed by atoms with Crippen LogP contribution >= 0.6 is 0 Å². The minimum atomic E-state index is -0.988. The maximum absolute atomic E-state index is 12.2. The van der Waals surface area contributed by atoms with Gasteiger partial charge in [0.15, 0.2) is 0 Å². The zero-order chi connectivity index (χ0) is 15.4. The van der Waals surface area contributed by atoms with Crippen LogP contribution in [0.3, 0.4) is 0 Å². The van der Waals surface area contributed by atoms with E-state index in [1.807, 2.05) is 26.0 Å². The molecule has 0 saturated carbocycles. The Bertz CT molecular complexity index is 575. The maximum atomic E-state index is 12.2. The molecule has 0 spiro atoms. The lowest BCUT2D eigenvalue weighted by molar-refractivity contribution is -0.139. The summed E-state index contributed by atoms with van der Waals surface area (Å²) in [6.07, 6.45) is 6.49. The highest BCUT2D eigenvalue weighted by atomic mass is 16.4. The Kier molecular flexibility index (Phi) is 4.78. The standard InChI is InChI=1S/C17H21NO3/c1-11(2)9-15(17(20)21)18-16(19)14-8-7-12-5-3-4-6-13(12)10-14/h3,5,7-8,10-11,15H,4,6,9H2,1-2H3,(H,18,19)(H,20,21). The number of fused-ring (bicyclic) bond motifs is 1. The molecule has 4 nitrogen and oxygen atoms in total. The number of allylic oxidation sites excluding steroid dienone is 1. The summed E-state index contributed by atoms with van der Waals surface area (Å²) in [5.41, 5.74) is 2.80. The van der Waals surface area contributed by atoms with Gasteiger partial charge in [0.1, 0.15) is 6.04 Å². The third kappa shape index (κ3) is 3.94. The highest BCUT2D eigenvalue weighted by Crippen LogP contribution is 2.20. The van der Waals surface area contributed by atoms with E-state index in [2.05, 4.69) is 17.5 Å². The van der Waals surface area contributed by atoms with Crippen LogP contribution < -0.4 is 5.32 Å². The number of amides is 1. The van der Waals surface area contributed by atoms with Gasteiger partial charge in [-0.1, -0.05) is 32.1 Å². The van der Waals surface area contributed by atoms with Gasteiger partial charge in [-0.3, -0.25) is 4.79 Å². The second-order valence-corrected chi connectivity index (χ2v) is 5.85. The number of hydrogen-bond acceptors (Lipinski definition) is 2. The van der Waals surface area contributed by atoms with E-state index in [9.17, 15) is 14.7 Å². The Morgan fingerprint density at radius 1 is 1.33 bits per heavy atom. The molecule has 0 bridgehead atoms. The molecule has 0 radical (unpaired) electrons. The van der Waals surface area contributed by atoms with Crippen LogP contribution in [-0.4, -0.2) is 23.0 Å². The first-order valence-corrected chi connectivity index (χ1v) is 7.30. The average molecular weight is 287 g/mol.